The fourth-order valence-electron chi connectivity index (χ4n) is 0.924. The van der Waals surface area contributed by atoms with Gasteiger partial charge in [-0.25, -0.2) is 4.39 Å². The Bertz CT molecular complexity index is 284. The van der Waals surface area contributed by atoms with E-state index in [-0.39, 0.29) is 24.4 Å². The normalized spacial score (nSPS) is 9.83. The van der Waals surface area contributed by atoms with Gasteiger partial charge in [0.25, 0.3) is 0 Å². The molecular formula is C9H9FO2. The van der Waals surface area contributed by atoms with E-state index >= 15 is 0 Å². The van der Waals surface area contributed by atoms with Crippen molar-refractivity contribution in [3.63, 3.8) is 0 Å². The average molecular weight is 168 g/mol. The minimum Gasteiger partial charge on any atom is -0.396 e. The molecule has 0 aliphatic carbocycles. The van der Waals surface area contributed by atoms with Gasteiger partial charge >= 0.3 is 0 Å². The van der Waals surface area contributed by atoms with Gasteiger partial charge in [-0.15, -0.1) is 0 Å². The Kier molecular flexibility index (Phi) is 2.94. The number of benzene rings is 1. The van der Waals surface area contributed by atoms with Crippen molar-refractivity contribution in [2.75, 3.05) is 6.61 Å². The third-order valence-electron chi connectivity index (χ3n) is 1.51. The summed E-state index contributed by atoms with van der Waals surface area (Å²) in [6.45, 7) is -0.243. The summed E-state index contributed by atoms with van der Waals surface area (Å²) in [4.78, 5) is 11.1. The molecule has 0 aliphatic heterocycles. The van der Waals surface area contributed by atoms with E-state index in [2.05, 4.69) is 0 Å². The van der Waals surface area contributed by atoms with Gasteiger partial charge in [-0.3, -0.25) is 4.79 Å². The number of hydrogen-bond acceptors (Lipinski definition) is 2. The quantitative estimate of drug-likeness (QED) is 0.692. The molecule has 1 N–H and O–H groups in total. The lowest BCUT2D eigenvalue weighted by Crippen LogP contribution is -2.03. The lowest BCUT2D eigenvalue weighted by atomic mass is 10.1. The van der Waals surface area contributed by atoms with Crippen LogP contribution in [0.1, 0.15) is 16.8 Å². The van der Waals surface area contributed by atoms with Crippen LogP contribution in [0.4, 0.5) is 4.39 Å². The summed E-state index contributed by atoms with van der Waals surface area (Å²) in [5, 5.41) is 8.45. The van der Waals surface area contributed by atoms with Crippen LogP contribution in [-0.2, 0) is 0 Å². The standard InChI is InChI=1S/C9H9FO2/c10-8-4-2-1-3-7(8)9(12)5-6-11/h1-4,11H,5-6H2. The number of rotatable bonds is 3. The summed E-state index contributed by atoms with van der Waals surface area (Å²) in [5.74, 6) is -0.897. The van der Waals surface area contributed by atoms with Crippen molar-refractivity contribution in [3.8, 4) is 0 Å². The summed E-state index contributed by atoms with van der Waals surface area (Å²) in [5.41, 5.74) is 0.0477. The maximum absolute atomic E-state index is 12.9. The van der Waals surface area contributed by atoms with Crippen LogP contribution < -0.4 is 0 Å². The summed E-state index contributed by atoms with van der Waals surface area (Å²) in [6.07, 6.45) is -0.0269. The van der Waals surface area contributed by atoms with Crippen molar-refractivity contribution in [2.24, 2.45) is 0 Å². The first-order valence-corrected chi connectivity index (χ1v) is 3.64. The average Bonchev–Trinajstić information content (AvgIpc) is 2.05. The molecule has 1 aromatic rings. The number of aliphatic hydroxyl groups is 1. The minimum atomic E-state index is -0.532. The molecule has 0 aromatic heterocycles. The van der Waals surface area contributed by atoms with Crippen LogP contribution in [-0.4, -0.2) is 17.5 Å². The molecule has 64 valence electrons. The predicted octanol–water partition coefficient (Wildman–Crippen LogP) is 1.39. The molecular weight excluding hydrogens is 159 g/mol. The number of halogens is 1. The highest BCUT2D eigenvalue weighted by Crippen LogP contribution is 2.08. The van der Waals surface area contributed by atoms with Crippen LogP contribution in [0.5, 0.6) is 0 Å². The van der Waals surface area contributed by atoms with Gasteiger partial charge in [0, 0.05) is 6.42 Å². The van der Waals surface area contributed by atoms with Gasteiger partial charge in [-0.1, -0.05) is 12.1 Å². The van der Waals surface area contributed by atoms with E-state index in [1.165, 1.54) is 18.2 Å². The molecule has 0 radical (unpaired) electrons. The van der Waals surface area contributed by atoms with E-state index in [4.69, 9.17) is 5.11 Å². The number of aliphatic hydroxyl groups excluding tert-OH is 1. The lowest BCUT2D eigenvalue weighted by molar-refractivity contribution is 0.0953. The topological polar surface area (TPSA) is 37.3 Å². The molecule has 0 unspecified atom stereocenters. The summed E-state index contributed by atoms with van der Waals surface area (Å²) in [7, 11) is 0. The summed E-state index contributed by atoms with van der Waals surface area (Å²) >= 11 is 0. The van der Waals surface area contributed by atoms with E-state index in [1.54, 1.807) is 6.07 Å². The zero-order valence-corrected chi connectivity index (χ0v) is 6.46. The molecule has 2 nitrogen and oxygen atoms in total. The fourth-order valence-corrected chi connectivity index (χ4v) is 0.924. The number of ketones is 1. The van der Waals surface area contributed by atoms with Gasteiger partial charge in [0.1, 0.15) is 5.82 Å². The molecule has 0 aliphatic rings. The van der Waals surface area contributed by atoms with Gasteiger partial charge in [-0.05, 0) is 12.1 Å². The molecule has 1 rings (SSSR count). The van der Waals surface area contributed by atoms with Crippen LogP contribution in [0.15, 0.2) is 24.3 Å². The first kappa shape index (κ1) is 8.87. The Labute approximate surface area is 69.6 Å². The first-order chi connectivity index (χ1) is 5.75. The van der Waals surface area contributed by atoms with Gasteiger partial charge < -0.3 is 5.11 Å². The van der Waals surface area contributed by atoms with Gasteiger partial charge in [0.05, 0.1) is 12.2 Å². The highest BCUT2D eigenvalue weighted by Gasteiger charge is 2.08. The Hall–Kier alpha value is -1.22. The van der Waals surface area contributed by atoms with E-state index in [0.717, 1.165) is 0 Å². The van der Waals surface area contributed by atoms with Crippen LogP contribution in [0.25, 0.3) is 0 Å². The lowest BCUT2D eigenvalue weighted by Gasteiger charge is -1.98. The Morgan fingerprint density at radius 3 is 2.67 bits per heavy atom. The molecule has 1 aromatic carbocycles. The third kappa shape index (κ3) is 1.89. The molecule has 0 amide bonds. The molecule has 12 heavy (non-hydrogen) atoms. The maximum Gasteiger partial charge on any atom is 0.168 e. The number of carbonyl (C=O) groups excluding carboxylic acids is 1. The molecule has 0 spiro atoms. The number of hydrogen-bond donors (Lipinski definition) is 1. The van der Waals surface area contributed by atoms with Crippen molar-refractivity contribution in [1.82, 2.24) is 0 Å². The minimum absolute atomic E-state index is 0.0269. The van der Waals surface area contributed by atoms with Crippen molar-refractivity contribution in [2.45, 2.75) is 6.42 Å². The predicted molar refractivity (Wildman–Crippen MR) is 42.4 cm³/mol. The highest BCUT2D eigenvalue weighted by molar-refractivity contribution is 5.96. The zero-order valence-electron chi connectivity index (χ0n) is 6.46. The largest absolute Gasteiger partial charge is 0.396 e. The third-order valence-corrected chi connectivity index (χ3v) is 1.51. The monoisotopic (exact) mass is 168 g/mol. The van der Waals surface area contributed by atoms with Crippen LogP contribution in [0.3, 0.4) is 0 Å². The van der Waals surface area contributed by atoms with E-state index in [9.17, 15) is 9.18 Å². The molecule has 0 atom stereocenters. The van der Waals surface area contributed by atoms with Crippen molar-refractivity contribution in [1.29, 1.82) is 0 Å². The SMILES string of the molecule is O=C(CCO)c1ccccc1F. The van der Waals surface area contributed by atoms with Crippen molar-refractivity contribution < 1.29 is 14.3 Å². The second-order valence-corrected chi connectivity index (χ2v) is 2.38. The number of Topliss-reactive ketones (excluding diaryl/α,β-unsaturated/α-hetero) is 1. The Balaban J connectivity index is 2.87. The highest BCUT2D eigenvalue weighted by atomic mass is 19.1. The van der Waals surface area contributed by atoms with Crippen LogP contribution >= 0.6 is 0 Å². The van der Waals surface area contributed by atoms with E-state index in [1.807, 2.05) is 0 Å². The van der Waals surface area contributed by atoms with Gasteiger partial charge in [-0.2, -0.15) is 0 Å². The molecule has 0 heterocycles. The Morgan fingerprint density at radius 2 is 2.08 bits per heavy atom. The summed E-state index contributed by atoms with van der Waals surface area (Å²) in [6, 6.07) is 5.75. The molecule has 0 bridgehead atoms. The number of carbonyl (C=O) groups is 1. The molecule has 0 fully saturated rings. The summed E-state index contributed by atoms with van der Waals surface area (Å²) < 4.78 is 12.9. The van der Waals surface area contributed by atoms with Crippen molar-refractivity contribution >= 4 is 5.78 Å². The zero-order chi connectivity index (χ0) is 8.97. The van der Waals surface area contributed by atoms with Crippen LogP contribution in [0.2, 0.25) is 0 Å². The van der Waals surface area contributed by atoms with Gasteiger partial charge in [0.2, 0.25) is 0 Å². The van der Waals surface area contributed by atoms with Crippen molar-refractivity contribution in [3.05, 3.63) is 35.6 Å². The van der Waals surface area contributed by atoms with E-state index < -0.39 is 5.82 Å². The fraction of sp³-hybridized carbons (Fsp3) is 0.222. The second kappa shape index (κ2) is 3.97. The van der Waals surface area contributed by atoms with Gasteiger partial charge in [0.15, 0.2) is 5.78 Å². The first-order valence-electron chi connectivity index (χ1n) is 3.64. The Morgan fingerprint density at radius 1 is 1.42 bits per heavy atom. The van der Waals surface area contributed by atoms with E-state index in [0.29, 0.717) is 0 Å². The molecule has 3 heteroatoms. The van der Waals surface area contributed by atoms with Crippen LogP contribution in [0, 0.1) is 5.82 Å². The second-order valence-electron chi connectivity index (χ2n) is 2.38. The smallest absolute Gasteiger partial charge is 0.168 e. The maximum atomic E-state index is 12.9. The molecule has 0 saturated carbocycles. The molecule has 0 saturated heterocycles.